The lowest BCUT2D eigenvalue weighted by atomic mass is 9.72. The van der Waals surface area contributed by atoms with E-state index in [4.69, 9.17) is 0 Å². The molecule has 1 aromatic carbocycles. The minimum atomic E-state index is -0.239. The van der Waals surface area contributed by atoms with Crippen LogP contribution in [-0.4, -0.2) is 5.11 Å². The van der Waals surface area contributed by atoms with Crippen molar-refractivity contribution in [3.8, 4) is 0 Å². The molecule has 1 fully saturated rings. The smallest absolute Gasteiger partial charge is 0.0818 e. The molecule has 0 spiro atoms. The molecule has 1 aromatic rings. The van der Waals surface area contributed by atoms with Crippen LogP contribution in [0.15, 0.2) is 30.3 Å². The quantitative estimate of drug-likeness (QED) is 0.734. The Morgan fingerprint density at radius 2 is 1.85 bits per heavy atom. The molecule has 0 amide bonds. The molecular formula is C12H16O. The van der Waals surface area contributed by atoms with Crippen LogP contribution >= 0.6 is 0 Å². The van der Waals surface area contributed by atoms with Crippen molar-refractivity contribution in [3.63, 3.8) is 0 Å². The van der Waals surface area contributed by atoms with Gasteiger partial charge in [0.2, 0.25) is 0 Å². The first-order chi connectivity index (χ1) is 6.27. The molecule has 0 heterocycles. The van der Waals surface area contributed by atoms with E-state index in [9.17, 15) is 5.11 Å². The third kappa shape index (κ3) is 1.75. The molecule has 0 unspecified atom stereocenters. The largest absolute Gasteiger partial charge is 0.388 e. The fourth-order valence-corrected chi connectivity index (χ4v) is 2.14. The minimum absolute atomic E-state index is 0.239. The summed E-state index contributed by atoms with van der Waals surface area (Å²) in [6.07, 6.45) is 2.11. The van der Waals surface area contributed by atoms with Crippen LogP contribution in [0.2, 0.25) is 0 Å². The summed E-state index contributed by atoms with van der Waals surface area (Å²) < 4.78 is 0. The highest BCUT2D eigenvalue weighted by Crippen LogP contribution is 2.41. The zero-order valence-electron chi connectivity index (χ0n) is 7.98. The molecule has 1 saturated carbocycles. The molecule has 70 valence electrons. The van der Waals surface area contributed by atoms with E-state index < -0.39 is 0 Å². The molecule has 0 radical (unpaired) electrons. The van der Waals surface area contributed by atoms with Crippen LogP contribution in [0.3, 0.4) is 0 Å². The van der Waals surface area contributed by atoms with Gasteiger partial charge in [0.15, 0.2) is 0 Å². The number of aliphatic hydroxyl groups is 1. The highest BCUT2D eigenvalue weighted by Gasteiger charge is 2.31. The van der Waals surface area contributed by atoms with Crippen molar-refractivity contribution in [2.45, 2.75) is 25.9 Å². The Labute approximate surface area is 79.4 Å². The average Bonchev–Trinajstić information content (AvgIpc) is 2.13. The Balaban J connectivity index is 2.02. The third-order valence-electron chi connectivity index (χ3n) is 3.00. The monoisotopic (exact) mass is 176 g/mol. The van der Waals surface area contributed by atoms with Gasteiger partial charge in [0, 0.05) is 0 Å². The van der Waals surface area contributed by atoms with E-state index in [0.29, 0.717) is 5.92 Å². The molecule has 1 atom stereocenters. The van der Waals surface area contributed by atoms with Gasteiger partial charge in [0.1, 0.15) is 0 Å². The summed E-state index contributed by atoms with van der Waals surface area (Å²) in [6.45, 7) is 2.24. The van der Waals surface area contributed by atoms with E-state index in [1.807, 2.05) is 30.3 Å². The molecule has 2 rings (SSSR count). The second-order valence-electron chi connectivity index (χ2n) is 4.19. The molecule has 1 nitrogen and oxygen atoms in total. The van der Waals surface area contributed by atoms with Gasteiger partial charge in [-0.25, -0.2) is 0 Å². The predicted molar refractivity (Wildman–Crippen MR) is 53.3 cm³/mol. The first-order valence-electron chi connectivity index (χ1n) is 5.00. The van der Waals surface area contributed by atoms with Crippen molar-refractivity contribution < 1.29 is 5.11 Å². The molecule has 0 bridgehead atoms. The van der Waals surface area contributed by atoms with E-state index in [-0.39, 0.29) is 6.10 Å². The van der Waals surface area contributed by atoms with E-state index in [2.05, 4.69) is 6.92 Å². The lowest BCUT2D eigenvalue weighted by Gasteiger charge is -2.36. The van der Waals surface area contributed by atoms with Crippen molar-refractivity contribution in [2.75, 3.05) is 0 Å². The maximum atomic E-state index is 9.96. The second-order valence-corrected chi connectivity index (χ2v) is 4.19. The van der Waals surface area contributed by atoms with E-state index >= 15 is 0 Å². The van der Waals surface area contributed by atoms with Crippen LogP contribution in [0.1, 0.15) is 31.4 Å². The highest BCUT2D eigenvalue weighted by molar-refractivity contribution is 5.18. The Hall–Kier alpha value is -0.820. The first kappa shape index (κ1) is 8.76. The van der Waals surface area contributed by atoms with Crippen LogP contribution in [0.4, 0.5) is 0 Å². The van der Waals surface area contributed by atoms with Gasteiger partial charge in [-0.15, -0.1) is 0 Å². The fraction of sp³-hybridized carbons (Fsp3) is 0.500. The van der Waals surface area contributed by atoms with Gasteiger partial charge >= 0.3 is 0 Å². The highest BCUT2D eigenvalue weighted by atomic mass is 16.3. The van der Waals surface area contributed by atoms with E-state index in [1.54, 1.807) is 0 Å². The maximum absolute atomic E-state index is 9.96. The zero-order chi connectivity index (χ0) is 9.26. The number of rotatable bonds is 2. The third-order valence-corrected chi connectivity index (χ3v) is 3.00. The summed E-state index contributed by atoms with van der Waals surface area (Å²) in [5.74, 6) is 1.31. The topological polar surface area (TPSA) is 20.2 Å². The molecule has 13 heavy (non-hydrogen) atoms. The normalized spacial score (nSPS) is 29.4. The standard InChI is InChI=1S/C12H16O/c1-9-7-11(8-9)12(13)10-5-3-2-4-6-10/h2-6,9,11-13H,7-8H2,1H3/t9?,11?,12-/m1/s1. The Morgan fingerprint density at radius 1 is 1.23 bits per heavy atom. The average molecular weight is 176 g/mol. The molecule has 1 N–H and O–H groups in total. The molecule has 0 saturated heterocycles. The molecule has 0 aliphatic heterocycles. The van der Waals surface area contributed by atoms with Crippen LogP contribution < -0.4 is 0 Å². The summed E-state index contributed by atoms with van der Waals surface area (Å²) in [5.41, 5.74) is 1.07. The molecule has 0 aromatic heterocycles. The molecule has 1 aliphatic rings. The summed E-state index contributed by atoms with van der Waals surface area (Å²) in [6, 6.07) is 9.97. The SMILES string of the molecule is CC1CC([C@H](O)c2ccccc2)C1. The van der Waals surface area contributed by atoms with Gasteiger partial charge in [-0.1, -0.05) is 37.3 Å². The second kappa shape index (κ2) is 3.51. The van der Waals surface area contributed by atoms with Gasteiger partial charge in [-0.2, -0.15) is 0 Å². The predicted octanol–water partition coefficient (Wildman–Crippen LogP) is 2.77. The van der Waals surface area contributed by atoms with Crippen molar-refractivity contribution in [2.24, 2.45) is 11.8 Å². The minimum Gasteiger partial charge on any atom is -0.388 e. The summed E-state index contributed by atoms with van der Waals surface area (Å²) in [7, 11) is 0. The molecular weight excluding hydrogens is 160 g/mol. The lowest BCUT2D eigenvalue weighted by Crippen LogP contribution is -2.26. The van der Waals surface area contributed by atoms with E-state index in [1.165, 1.54) is 12.8 Å². The van der Waals surface area contributed by atoms with Crippen LogP contribution in [0.25, 0.3) is 0 Å². The number of benzene rings is 1. The van der Waals surface area contributed by atoms with Gasteiger partial charge in [0.05, 0.1) is 6.10 Å². The number of hydrogen-bond acceptors (Lipinski definition) is 1. The van der Waals surface area contributed by atoms with Crippen molar-refractivity contribution in [1.82, 2.24) is 0 Å². The van der Waals surface area contributed by atoms with Crippen molar-refractivity contribution in [3.05, 3.63) is 35.9 Å². The Kier molecular flexibility index (Phi) is 2.36. The summed E-state index contributed by atoms with van der Waals surface area (Å²) in [5, 5.41) is 9.96. The summed E-state index contributed by atoms with van der Waals surface area (Å²) in [4.78, 5) is 0. The Bertz CT molecular complexity index is 262. The molecule has 1 aliphatic carbocycles. The van der Waals surface area contributed by atoms with Gasteiger partial charge in [0.25, 0.3) is 0 Å². The first-order valence-corrected chi connectivity index (χ1v) is 5.00. The van der Waals surface area contributed by atoms with Crippen LogP contribution in [0, 0.1) is 11.8 Å². The Morgan fingerprint density at radius 3 is 2.38 bits per heavy atom. The van der Waals surface area contributed by atoms with E-state index in [0.717, 1.165) is 11.5 Å². The van der Waals surface area contributed by atoms with Crippen molar-refractivity contribution >= 4 is 0 Å². The number of aliphatic hydroxyl groups excluding tert-OH is 1. The zero-order valence-corrected chi connectivity index (χ0v) is 7.98. The summed E-state index contributed by atoms with van der Waals surface area (Å²) >= 11 is 0. The van der Waals surface area contributed by atoms with Gasteiger partial charge in [-0.3, -0.25) is 0 Å². The number of hydrogen-bond donors (Lipinski definition) is 1. The fourth-order valence-electron chi connectivity index (χ4n) is 2.14. The van der Waals surface area contributed by atoms with Crippen LogP contribution in [-0.2, 0) is 0 Å². The molecule has 1 heteroatoms. The van der Waals surface area contributed by atoms with Crippen LogP contribution in [0.5, 0.6) is 0 Å². The lowest BCUT2D eigenvalue weighted by molar-refractivity contribution is 0.0324. The van der Waals surface area contributed by atoms with Gasteiger partial charge in [-0.05, 0) is 30.2 Å². The van der Waals surface area contributed by atoms with Crippen molar-refractivity contribution in [1.29, 1.82) is 0 Å². The maximum Gasteiger partial charge on any atom is 0.0818 e. The van der Waals surface area contributed by atoms with Gasteiger partial charge < -0.3 is 5.11 Å².